The van der Waals surface area contributed by atoms with Crippen LogP contribution >= 0.6 is 0 Å². The van der Waals surface area contributed by atoms with Crippen LogP contribution in [0.1, 0.15) is 54.4 Å². The Bertz CT molecular complexity index is 391. The summed E-state index contributed by atoms with van der Waals surface area (Å²) in [6.45, 7) is 10.1. The highest BCUT2D eigenvalue weighted by molar-refractivity contribution is 5.83. The Morgan fingerprint density at radius 2 is 1.43 bits per heavy atom. The molecule has 122 valence electrons. The predicted molar refractivity (Wildman–Crippen MR) is 75.4 cm³/mol. The van der Waals surface area contributed by atoms with Gasteiger partial charge in [-0.3, -0.25) is 9.59 Å². The SMILES string of the molecule is CC(C)(C)OC(=O)OC(=O)CC[C@H](N)C(=O)OC(C)(C)C. The molecule has 0 aromatic carbocycles. The van der Waals surface area contributed by atoms with Gasteiger partial charge in [-0.2, -0.15) is 0 Å². The maximum absolute atomic E-state index is 11.6. The number of nitrogens with two attached hydrogens (primary N) is 1. The highest BCUT2D eigenvalue weighted by atomic mass is 16.7. The average molecular weight is 303 g/mol. The summed E-state index contributed by atoms with van der Waals surface area (Å²) in [5, 5.41) is 0. The number of hydrogen-bond acceptors (Lipinski definition) is 7. The lowest BCUT2D eigenvalue weighted by Crippen LogP contribution is -2.37. The van der Waals surface area contributed by atoms with Crippen molar-refractivity contribution in [2.45, 2.75) is 71.6 Å². The zero-order valence-corrected chi connectivity index (χ0v) is 13.5. The van der Waals surface area contributed by atoms with Gasteiger partial charge in [0.25, 0.3) is 0 Å². The topological polar surface area (TPSA) is 105 Å². The third kappa shape index (κ3) is 10.8. The van der Waals surface area contributed by atoms with Crippen LogP contribution in [0.15, 0.2) is 0 Å². The van der Waals surface area contributed by atoms with Crippen molar-refractivity contribution in [2.24, 2.45) is 5.73 Å². The van der Waals surface area contributed by atoms with Crippen molar-refractivity contribution < 1.29 is 28.6 Å². The second kappa shape index (κ2) is 7.40. The first-order chi connectivity index (χ1) is 9.30. The average Bonchev–Trinajstić information content (AvgIpc) is 2.20. The van der Waals surface area contributed by atoms with Gasteiger partial charge in [-0.05, 0) is 48.0 Å². The van der Waals surface area contributed by atoms with Gasteiger partial charge in [-0.25, -0.2) is 4.79 Å². The predicted octanol–water partition coefficient (Wildman–Crippen LogP) is 1.91. The van der Waals surface area contributed by atoms with E-state index in [1.165, 1.54) is 0 Å². The van der Waals surface area contributed by atoms with E-state index in [-0.39, 0.29) is 12.8 Å². The van der Waals surface area contributed by atoms with Gasteiger partial charge in [0.15, 0.2) is 0 Å². The van der Waals surface area contributed by atoms with E-state index in [4.69, 9.17) is 15.2 Å². The van der Waals surface area contributed by atoms with Crippen molar-refractivity contribution in [3.63, 3.8) is 0 Å². The number of hydrogen-bond donors (Lipinski definition) is 1. The molecule has 0 rings (SSSR count). The normalized spacial score (nSPS) is 13.3. The number of carbonyl (C=O) groups excluding carboxylic acids is 3. The van der Waals surface area contributed by atoms with Crippen LogP contribution < -0.4 is 5.73 Å². The van der Waals surface area contributed by atoms with E-state index in [1.54, 1.807) is 41.5 Å². The lowest BCUT2D eigenvalue weighted by atomic mass is 10.1. The highest BCUT2D eigenvalue weighted by Crippen LogP contribution is 2.11. The van der Waals surface area contributed by atoms with Gasteiger partial charge in [0.2, 0.25) is 0 Å². The van der Waals surface area contributed by atoms with Gasteiger partial charge in [0, 0.05) is 6.42 Å². The van der Waals surface area contributed by atoms with E-state index in [0.717, 1.165) is 0 Å². The number of esters is 2. The van der Waals surface area contributed by atoms with Crippen molar-refractivity contribution in [3.05, 3.63) is 0 Å². The molecule has 0 heterocycles. The summed E-state index contributed by atoms with van der Waals surface area (Å²) in [5.74, 6) is -1.41. The number of ether oxygens (including phenoxy) is 3. The Balaban J connectivity index is 4.14. The van der Waals surface area contributed by atoms with Gasteiger partial charge in [-0.1, -0.05) is 0 Å². The molecule has 0 radical (unpaired) electrons. The summed E-state index contributed by atoms with van der Waals surface area (Å²) >= 11 is 0. The molecule has 0 aliphatic carbocycles. The molecule has 0 saturated heterocycles. The largest absolute Gasteiger partial charge is 0.516 e. The van der Waals surface area contributed by atoms with E-state index >= 15 is 0 Å². The molecular weight excluding hydrogens is 278 g/mol. The minimum atomic E-state index is -1.07. The molecule has 0 spiro atoms. The first kappa shape index (κ1) is 19.4. The molecule has 0 bridgehead atoms. The van der Waals surface area contributed by atoms with E-state index in [1.807, 2.05) is 0 Å². The van der Waals surface area contributed by atoms with Crippen molar-refractivity contribution in [2.75, 3.05) is 0 Å². The van der Waals surface area contributed by atoms with Crippen molar-refractivity contribution in [1.82, 2.24) is 0 Å². The molecule has 0 saturated carbocycles. The molecule has 0 amide bonds. The van der Waals surface area contributed by atoms with Crippen molar-refractivity contribution in [1.29, 1.82) is 0 Å². The lowest BCUT2D eigenvalue weighted by molar-refractivity contribution is -0.156. The fraction of sp³-hybridized carbons (Fsp3) is 0.786. The third-order valence-corrected chi connectivity index (χ3v) is 1.96. The molecular formula is C14H25NO6. The van der Waals surface area contributed by atoms with E-state index in [2.05, 4.69) is 4.74 Å². The molecule has 0 aliphatic heterocycles. The van der Waals surface area contributed by atoms with Crippen molar-refractivity contribution in [3.8, 4) is 0 Å². The molecule has 2 N–H and O–H groups in total. The van der Waals surface area contributed by atoms with Crippen LogP contribution in [0.3, 0.4) is 0 Å². The second-order valence-electron chi connectivity index (χ2n) is 6.62. The smallest absolute Gasteiger partial charge is 0.459 e. The first-order valence-electron chi connectivity index (χ1n) is 6.72. The Morgan fingerprint density at radius 3 is 1.86 bits per heavy atom. The molecule has 21 heavy (non-hydrogen) atoms. The van der Waals surface area contributed by atoms with Crippen LogP contribution in [0.4, 0.5) is 4.79 Å². The van der Waals surface area contributed by atoms with E-state index < -0.39 is 35.3 Å². The molecule has 0 unspecified atom stereocenters. The van der Waals surface area contributed by atoms with E-state index in [0.29, 0.717) is 0 Å². The quantitative estimate of drug-likeness (QED) is 0.624. The van der Waals surface area contributed by atoms with Crippen LogP contribution in [0.5, 0.6) is 0 Å². The van der Waals surface area contributed by atoms with Crippen molar-refractivity contribution >= 4 is 18.1 Å². The van der Waals surface area contributed by atoms with Crippen LogP contribution in [-0.2, 0) is 23.8 Å². The molecule has 7 nitrogen and oxygen atoms in total. The first-order valence-corrected chi connectivity index (χ1v) is 6.72. The standard InChI is InChI=1S/C14H25NO6/c1-13(2,3)20-11(17)9(15)7-8-10(16)19-12(18)21-14(4,5)6/h9H,7-8,15H2,1-6H3/t9-/m0/s1. The van der Waals surface area contributed by atoms with Gasteiger partial charge >= 0.3 is 18.1 Å². The van der Waals surface area contributed by atoms with Gasteiger partial charge in [0.1, 0.15) is 17.2 Å². The second-order valence-corrected chi connectivity index (χ2v) is 6.62. The summed E-state index contributed by atoms with van der Waals surface area (Å²) in [7, 11) is 0. The fourth-order valence-corrected chi connectivity index (χ4v) is 1.18. The minimum Gasteiger partial charge on any atom is -0.459 e. The zero-order chi connectivity index (χ0) is 16.8. The molecule has 0 aromatic rings. The monoisotopic (exact) mass is 303 g/mol. The van der Waals surface area contributed by atoms with Crippen LogP contribution in [0.25, 0.3) is 0 Å². The summed E-state index contributed by atoms with van der Waals surface area (Å²) < 4.78 is 14.3. The summed E-state index contributed by atoms with van der Waals surface area (Å²) in [6, 6.07) is -0.949. The number of rotatable bonds is 4. The zero-order valence-electron chi connectivity index (χ0n) is 13.5. The Hall–Kier alpha value is -1.63. The molecule has 0 aromatic heterocycles. The van der Waals surface area contributed by atoms with E-state index in [9.17, 15) is 14.4 Å². The highest BCUT2D eigenvalue weighted by Gasteiger charge is 2.24. The maximum atomic E-state index is 11.6. The summed E-state index contributed by atoms with van der Waals surface area (Å²) in [6.07, 6.45) is -1.23. The Kier molecular flexibility index (Phi) is 6.82. The fourth-order valence-electron chi connectivity index (χ4n) is 1.18. The molecule has 7 heteroatoms. The number of carbonyl (C=O) groups is 3. The molecule has 0 aliphatic rings. The van der Waals surface area contributed by atoms with Gasteiger partial charge < -0.3 is 19.9 Å². The maximum Gasteiger partial charge on any atom is 0.516 e. The summed E-state index contributed by atoms with van der Waals surface area (Å²) in [4.78, 5) is 34.3. The lowest BCUT2D eigenvalue weighted by Gasteiger charge is -2.22. The van der Waals surface area contributed by atoms with Crippen LogP contribution in [0.2, 0.25) is 0 Å². The van der Waals surface area contributed by atoms with Gasteiger partial charge in [-0.15, -0.1) is 0 Å². The molecule has 0 fully saturated rings. The summed E-state index contributed by atoms with van der Waals surface area (Å²) in [5.41, 5.74) is 4.21. The van der Waals surface area contributed by atoms with Crippen LogP contribution in [0, 0.1) is 0 Å². The Morgan fingerprint density at radius 1 is 0.952 bits per heavy atom. The molecule has 1 atom stereocenters. The van der Waals surface area contributed by atoms with Crippen LogP contribution in [-0.4, -0.2) is 35.3 Å². The Labute approximate surface area is 125 Å². The third-order valence-electron chi connectivity index (χ3n) is 1.96. The minimum absolute atomic E-state index is 0.0243. The van der Waals surface area contributed by atoms with Gasteiger partial charge in [0.05, 0.1) is 0 Å².